The lowest BCUT2D eigenvalue weighted by Gasteiger charge is -2.18. The standard InChI is InChI=1S/C13H18F2N2O3S/c1-13(2,3)6-7-17-12(18)10-8(14)4-5-9(11(10)15)21(16,19)20/h4-5H,6-7H2,1-3H3,(H,17,18)(H2,16,19,20). The Hall–Kier alpha value is -1.54. The predicted octanol–water partition coefficient (Wildman–Crippen LogP) is 1.78. The number of hydrogen-bond acceptors (Lipinski definition) is 3. The van der Waals surface area contributed by atoms with Crippen LogP contribution in [-0.4, -0.2) is 20.9 Å². The lowest BCUT2D eigenvalue weighted by Crippen LogP contribution is -2.29. The molecule has 5 nitrogen and oxygen atoms in total. The molecule has 1 aromatic carbocycles. The van der Waals surface area contributed by atoms with Gasteiger partial charge in [0.05, 0.1) is 0 Å². The van der Waals surface area contributed by atoms with Crippen molar-refractivity contribution in [3.63, 3.8) is 0 Å². The van der Waals surface area contributed by atoms with Gasteiger partial charge in [-0.25, -0.2) is 22.3 Å². The van der Waals surface area contributed by atoms with E-state index in [-0.39, 0.29) is 12.0 Å². The number of halogens is 2. The minimum Gasteiger partial charge on any atom is -0.352 e. The van der Waals surface area contributed by atoms with E-state index in [4.69, 9.17) is 5.14 Å². The molecule has 1 amide bonds. The zero-order chi connectivity index (χ0) is 16.4. The zero-order valence-corrected chi connectivity index (χ0v) is 12.9. The molecule has 0 saturated heterocycles. The van der Waals surface area contributed by atoms with E-state index >= 15 is 0 Å². The van der Waals surface area contributed by atoms with Gasteiger partial charge in [-0.1, -0.05) is 20.8 Å². The van der Waals surface area contributed by atoms with Gasteiger partial charge in [-0.2, -0.15) is 0 Å². The minimum atomic E-state index is -4.37. The summed E-state index contributed by atoms with van der Waals surface area (Å²) in [6.45, 7) is 6.05. The normalized spacial score (nSPS) is 12.3. The SMILES string of the molecule is CC(C)(C)CCNC(=O)c1c(F)ccc(S(N)(=O)=O)c1F. The van der Waals surface area contributed by atoms with Gasteiger partial charge in [0.2, 0.25) is 10.0 Å². The van der Waals surface area contributed by atoms with Crippen molar-refractivity contribution >= 4 is 15.9 Å². The van der Waals surface area contributed by atoms with E-state index in [1.807, 2.05) is 20.8 Å². The summed E-state index contributed by atoms with van der Waals surface area (Å²) >= 11 is 0. The Bertz CT molecular complexity index is 652. The Morgan fingerprint density at radius 3 is 2.33 bits per heavy atom. The van der Waals surface area contributed by atoms with Crippen molar-refractivity contribution < 1.29 is 22.0 Å². The van der Waals surface area contributed by atoms with Crippen LogP contribution in [0.3, 0.4) is 0 Å². The molecule has 0 aliphatic heterocycles. The second kappa shape index (κ2) is 6.07. The molecule has 0 aromatic heterocycles. The third-order valence-corrected chi connectivity index (χ3v) is 3.68. The van der Waals surface area contributed by atoms with Crippen molar-refractivity contribution in [2.45, 2.75) is 32.1 Å². The number of nitrogens with two attached hydrogens (primary N) is 1. The summed E-state index contributed by atoms with van der Waals surface area (Å²) in [6, 6.07) is 1.38. The van der Waals surface area contributed by atoms with Gasteiger partial charge < -0.3 is 5.32 Å². The summed E-state index contributed by atoms with van der Waals surface area (Å²) in [7, 11) is -4.37. The number of carbonyl (C=O) groups excluding carboxylic acids is 1. The van der Waals surface area contributed by atoms with Crippen LogP contribution in [-0.2, 0) is 10.0 Å². The highest BCUT2D eigenvalue weighted by atomic mass is 32.2. The number of amides is 1. The van der Waals surface area contributed by atoms with Gasteiger partial charge in [0, 0.05) is 6.54 Å². The van der Waals surface area contributed by atoms with E-state index in [0.29, 0.717) is 18.6 Å². The van der Waals surface area contributed by atoms with E-state index in [1.54, 1.807) is 0 Å². The molecule has 21 heavy (non-hydrogen) atoms. The lowest BCUT2D eigenvalue weighted by molar-refractivity contribution is 0.0940. The second-order valence-electron chi connectivity index (χ2n) is 5.85. The van der Waals surface area contributed by atoms with Crippen molar-refractivity contribution in [3.05, 3.63) is 29.3 Å². The highest BCUT2D eigenvalue weighted by Gasteiger charge is 2.25. The maximum Gasteiger partial charge on any atom is 0.257 e. The van der Waals surface area contributed by atoms with Crippen molar-refractivity contribution in [3.8, 4) is 0 Å². The molecule has 1 rings (SSSR count). The number of carbonyl (C=O) groups is 1. The van der Waals surface area contributed by atoms with E-state index < -0.39 is 38.0 Å². The van der Waals surface area contributed by atoms with Crippen molar-refractivity contribution in [2.24, 2.45) is 10.6 Å². The molecule has 0 spiro atoms. The highest BCUT2D eigenvalue weighted by Crippen LogP contribution is 2.21. The van der Waals surface area contributed by atoms with Crippen LogP contribution in [0, 0.1) is 17.0 Å². The molecule has 118 valence electrons. The predicted molar refractivity (Wildman–Crippen MR) is 74.1 cm³/mol. The first kappa shape index (κ1) is 17.5. The fraction of sp³-hybridized carbons (Fsp3) is 0.462. The van der Waals surface area contributed by atoms with Crippen LogP contribution in [0.15, 0.2) is 17.0 Å². The number of hydrogen-bond donors (Lipinski definition) is 2. The Labute approximate surface area is 122 Å². The van der Waals surface area contributed by atoms with Crippen LogP contribution >= 0.6 is 0 Å². The molecule has 0 unspecified atom stereocenters. The van der Waals surface area contributed by atoms with Crippen molar-refractivity contribution in [1.82, 2.24) is 5.32 Å². The zero-order valence-electron chi connectivity index (χ0n) is 12.0. The first-order valence-electron chi connectivity index (χ1n) is 6.22. The van der Waals surface area contributed by atoms with Gasteiger partial charge in [-0.05, 0) is 24.0 Å². The van der Waals surface area contributed by atoms with Crippen molar-refractivity contribution in [1.29, 1.82) is 0 Å². The molecular weight excluding hydrogens is 302 g/mol. The minimum absolute atomic E-state index is 0.0627. The Kier molecular flexibility index (Phi) is 5.06. The van der Waals surface area contributed by atoms with E-state index in [2.05, 4.69) is 5.32 Å². The lowest BCUT2D eigenvalue weighted by atomic mass is 9.92. The number of nitrogens with one attached hydrogen (secondary N) is 1. The van der Waals surface area contributed by atoms with Gasteiger partial charge in [-0.15, -0.1) is 0 Å². The van der Waals surface area contributed by atoms with Crippen molar-refractivity contribution in [2.75, 3.05) is 6.54 Å². The molecule has 0 radical (unpaired) electrons. The summed E-state index contributed by atoms with van der Waals surface area (Å²) in [4.78, 5) is 10.9. The summed E-state index contributed by atoms with van der Waals surface area (Å²) in [5.74, 6) is -3.64. The third-order valence-electron chi connectivity index (χ3n) is 2.75. The second-order valence-corrected chi connectivity index (χ2v) is 7.38. The molecule has 1 aromatic rings. The van der Waals surface area contributed by atoms with Gasteiger partial charge in [0.15, 0.2) is 5.82 Å². The van der Waals surface area contributed by atoms with E-state index in [1.165, 1.54) is 0 Å². The fourth-order valence-electron chi connectivity index (χ4n) is 1.60. The maximum absolute atomic E-state index is 14.0. The van der Waals surface area contributed by atoms with Crippen LogP contribution < -0.4 is 10.5 Å². The number of sulfonamides is 1. The van der Waals surface area contributed by atoms with E-state index in [9.17, 15) is 22.0 Å². The summed E-state index contributed by atoms with van der Waals surface area (Å²) < 4.78 is 49.9. The topological polar surface area (TPSA) is 89.3 Å². The highest BCUT2D eigenvalue weighted by molar-refractivity contribution is 7.89. The van der Waals surface area contributed by atoms with Gasteiger partial charge >= 0.3 is 0 Å². The number of primary sulfonamides is 1. The van der Waals surface area contributed by atoms with Crippen LogP contribution in [0.2, 0.25) is 0 Å². The third kappa shape index (κ3) is 4.75. The van der Waals surface area contributed by atoms with Gasteiger partial charge in [0.1, 0.15) is 16.3 Å². The Balaban J connectivity index is 3.05. The summed E-state index contributed by atoms with van der Waals surface area (Å²) in [5.41, 5.74) is -1.01. The molecule has 0 aliphatic rings. The molecule has 0 saturated carbocycles. The molecule has 0 fully saturated rings. The van der Waals surface area contributed by atoms with Gasteiger partial charge in [0.25, 0.3) is 5.91 Å². The molecule has 3 N–H and O–H groups in total. The van der Waals surface area contributed by atoms with Crippen LogP contribution in [0.1, 0.15) is 37.6 Å². The molecule has 0 aliphatic carbocycles. The molecular formula is C13H18F2N2O3S. The quantitative estimate of drug-likeness (QED) is 0.886. The maximum atomic E-state index is 14.0. The monoisotopic (exact) mass is 320 g/mol. The average Bonchev–Trinajstić information content (AvgIpc) is 2.25. The number of rotatable bonds is 4. The number of benzene rings is 1. The smallest absolute Gasteiger partial charge is 0.257 e. The van der Waals surface area contributed by atoms with Gasteiger partial charge in [-0.3, -0.25) is 4.79 Å². The molecule has 0 heterocycles. The Morgan fingerprint density at radius 1 is 1.29 bits per heavy atom. The summed E-state index contributed by atoms with van der Waals surface area (Å²) in [6.07, 6.45) is 0.594. The van der Waals surface area contributed by atoms with E-state index in [0.717, 1.165) is 0 Å². The molecule has 0 bridgehead atoms. The first-order chi connectivity index (χ1) is 9.43. The molecule has 8 heteroatoms. The molecule has 0 atom stereocenters. The van der Waals surface area contributed by atoms with Crippen LogP contribution in [0.4, 0.5) is 8.78 Å². The average molecular weight is 320 g/mol. The van der Waals surface area contributed by atoms with Crippen LogP contribution in [0.25, 0.3) is 0 Å². The fourth-order valence-corrected chi connectivity index (χ4v) is 2.21. The van der Waals surface area contributed by atoms with Crippen LogP contribution in [0.5, 0.6) is 0 Å². The largest absolute Gasteiger partial charge is 0.352 e. The summed E-state index contributed by atoms with van der Waals surface area (Å²) in [5, 5.41) is 7.17. The first-order valence-corrected chi connectivity index (χ1v) is 7.77. The Morgan fingerprint density at radius 2 is 1.86 bits per heavy atom.